The third-order valence-corrected chi connectivity index (χ3v) is 4.93. The van der Waals surface area contributed by atoms with Crippen molar-refractivity contribution in [3.05, 3.63) is 70.3 Å². The molecule has 4 rings (SSSR count). The van der Waals surface area contributed by atoms with Crippen molar-refractivity contribution < 1.29 is 4.74 Å². The molecule has 0 amide bonds. The maximum Gasteiger partial charge on any atom is 0.266 e. The molecule has 10 heteroatoms. The quantitative estimate of drug-likeness (QED) is 0.434. The van der Waals surface area contributed by atoms with E-state index < -0.39 is 6.04 Å². The fourth-order valence-corrected chi connectivity index (χ4v) is 3.46. The lowest BCUT2D eigenvalue weighted by Gasteiger charge is -2.21. The van der Waals surface area contributed by atoms with Crippen LogP contribution in [0.2, 0.25) is 0 Å². The number of rotatable bonds is 5. The summed E-state index contributed by atoms with van der Waals surface area (Å²) in [5, 5.41) is 13.0. The van der Waals surface area contributed by atoms with E-state index in [1.807, 2.05) is 36.4 Å². The highest BCUT2D eigenvalue weighted by molar-refractivity contribution is 5.84. The van der Waals surface area contributed by atoms with Crippen LogP contribution in [-0.2, 0) is 0 Å². The number of hydrogen-bond donors (Lipinski definition) is 3. The number of methoxy groups -OCH3 is 1. The average molecular weight is 428 g/mol. The summed E-state index contributed by atoms with van der Waals surface area (Å²) in [6, 6.07) is 15.7. The molecule has 0 aliphatic rings. The zero-order valence-corrected chi connectivity index (χ0v) is 17.4. The van der Waals surface area contributed by atoms with E-state index in [0.717, 1.165) is 0 Å². The number of nitrogens with zero attached hydrogens (tertiary/aromatic N) is 5. The van der Waals surface area contributed by atoms with Gasteiger partial charge in [-0.05, 0) is 31.2 Å². The topological polar surface area (TPSA) is 158 Å². The molecule has 10 nitrogen and oxygen atoms in total. The minimum Gasteiger partial charge on any atom is -0.494 e. The molecular formula is C22H20N8O2. The first kappa shape index (κ1) is 20.6. The normalized spacial score (nSPS) is 11.7. The number of nitrogens with one attached hydrogen (secondary N) is 1. The van der Waals surface area contributed by atoms with Gasteiger partial charge in [0.2, 0.25) is 5.95 Å². The summed E-state index contributed by atoms with van der Waals surface area (Å²) < 4.78 is 6.93. The van der Waals surface area contributed by atoms with Crippen LogP contribution in [0.3, 0.4) is 0 Å². The van der Waals surface area contributed by atoms with Gasteiger partial charge >= 0.3 is 0 Å². The van der Waals surface area contributed by atoms with Crippen molar-refractivity contribution in [3.8, 4) is 17.5 Å². The van der Waals surface area contributed by atoms with E-state index in [1.165, 1.54) is 11.7 Å². The standard InChI is InChI=1S/C22H20N8O2/c1-12(26-19-15(11-23)18(24)28-22(25)29-19)20-27-17-14(9-6-10-16(17)32-2)21(31)30(20)13-7-4-3-5-8-13/h3-10,12H,1-2H3,(H5,24,25,26,28,29)/t12-/m0/s1. The molecule has 0 spiro atoms. The first-order chi connectivity index (χ1) is 15.4. The number of para-hydroxylation sites is 2. The lowest BCUT2D eigenvalue weighted by Crippen LogP contribution is -2.27. The van der Waals surface area contributed by atoms with Crippen molar-refractivity contribution in [2.45, 2.75) is 13.0 Å². The summed E-state index contributed by atoms with van der Waals surface area (Å²) in [4.78, 5) is 26.2. The molecule has 0 bridgehead atoms. The highest BCUT2D eigenvalue weighted by Crippen LogP contribution is 2.27. The summed E-state index contributed by atoms with van der Waals surface area (Å²) >= 11 is 0. The molecule has 5 N–H and O–H groups in total. The summed E-state index contributed by atoms with van der Waals surface area (Å²) in [6.07, 6.45) is 0. The fourth-order valence-electron chi connectivity index (χ4n) is 3.46. The van der Waals surface area contributed by atoms with Crippen LogP contribution in [0.4, 0.5) is 17.6 Å². The highest BCUT2D eigenvalue weighted by atomic mass is 16.5. The van der Waals surface area contributed by atoms with E-state index >= 15 is 0 Å². The van der Waals surface area contributed by atoms with Crippen molar-refractivity contribution in [1.29, 1.82) is 5.26 Å². The van der Waals surface area contributed by atoms with E-state index in [1.54, 1.807) is 25.1 Å². The summed E-state index contributed by atoms with van der Waals surface area (Å²) in [5.41, 5.74) is 12.4. The van der Waals surface area contributed by atoms with Gasteiger partial charge in [-0.2, -0.15) is 15.2 Å². The van der Waals surface area contributed by atoms with E-state index in [-0.39, 0.29) is 28.7 Å². The van der Waals surface area contributed by atoms with Gasteiger partial charge in [0, 0.05) is 0 Å². The number of hydrogen-bond acceptors (Lipinski definition) is 9. The second kappa shape index (κ2) is 8.23. The van der Waals surface area contributed by atoms with E-state index in [2.05, 4.69) is 15.3 Å². The Morgan fingerprint density at radius 3 is 2.53 bits per heavy atom. The molecule has 0 aliphatic heterocycles. The number of fused-ring (bicyclic) bond motifs is 1. The van der Waals surface area contributed by atoms with Crippen LogP contribution >= 0.6 is 0 Å². The molecule has 0 radical (unpaired) electrons. The molecule has 0 aliphatic carbocycles. The molecule has 2 heterocycles. The van der Waals surface area contributed by atoms with Gasteiger partial charge < -0.3 is 21.5 Å². The third kappa shape index (κ3) is 3.52. The van der Waals surface area contributed by atoms with Crippen LogP contribution in [0, 0.1) is 11.3 Å². The van der Waals surface area contributed by atoms with Crippen LogP contribution in [0.1, 0.15) is 24.4 Å². The third-order valence-electron chi connectivity index (χ3n) is 4.93. The molecule has 0 unspecified atom stereocenters. The Morgan fingerprint density at radius 2 is 1.84 bits per heavy atom. The molecular weight excluding hydrogens is 408 g/mol. The summed E-state index contributed by atoms with van der Waals surface area (Å²) in [6.45, 7) is 1.79. The molecule has 2 aromatic carbocycles. The smallest absolute Gasteiger partial charge is 0.266 e. The average Bonchev–Trinajstić information content (AvgIpc) is 2.79. The van der Waals surface area contributed by atoms with Gasteiger partial charge in [0.1, 0.15) is 34.5 Å². The molecule has 2 aromatic heterocycles. The number of benzene rings is 2. The molecule has 1 atom stereocenters. The van der Waals surface area contributed by atoms with Gasteiger partial charge in [0.25, 0.3) is 5.56 Å². The predicted molar refractivity (Wildman–Crippen MR) is 122 cm³/mol. The van der Waals surface area contributed by atoms with Gasteiger partial charge in [-0.15, -0.1) is 0 Å². The Hall–Kier alpha value is -4.65. The number of nitriles is 1. The van der Waals surface area contributed by atoms with Gasteiger partial charge in [0.05, 0.1) is 24.2 Å². The molecule has 0 saturated carbocycles. The fraction of sp³-hybridized carbons (Fsp3) is 0.136. The predicted octanol–water partition coefficient (Wildman–Crippen LogP) is 2.39. The summed E-state index contributed by atoms with van der Waals surface area (Å²) in [5.74, 6) is 0.895. The van der Waals surface area contributed by atoms with Crippen molar-refractivity contribution >= 4 is 28.5 Å². The van der Waals surface area contributed by atoms with Crippen LogP contribution in [0.15, 0.2) is 53.3 Å². The largest absolute Gasteiger partial charge is 0.494 e. The minimum atomic E-state index is -0.571. The number of aromatic nitrogens is 4. The Morgan fingerprint density at radius 1 is 1.09 bits per heavy atom. The van der Waals surface area contributed by atoms with Crippen LogP contribution in [0.25, 0.3) is 16.6 Å². The first-order valence-electron chi connectivity index (χ1n) is 9.69. The van der Waals surface area contributed by atoms with Crippen LogP contribution in [-0.4, -0.2) is 26.6 Å². The van der Waals surface area contributed by atoms with Crippen molar-refractivity contribution in [2.75, 3.05) is 23.9 Å². The monoisotopic (exact) mass is 428 g/mol. The van der Waals surface area contributed by atoms with Gasteiger partial charge in [0.15, 0.2) is 5.82 Å². The molecule has 160 valence electrons. The van der Waals surface area contributed by atoms with E-state index in [0.29, 0.717) is 28.2 Å². The zero-order valence-electron chi connectivity index (χ0n) is 17.4. The van der Waals surface area contributed by atoms with Gasteiger partial charge in [-0.1, -0.05) is 24.3 Å². The van der Waals surface area contributed by atoms with E-state index in [9.17, 15) is 10.1 Å². The van der Waals surface area contributed by atoms with Crippen molar-refractivity contribution in [2.24, 2.45) is 0 Å². The Bertz CT molecular complexity index is 1410. The Balaban J connectivity index is 1.95. The van der Waals surface area contributed by atoms with E-state index in [4.69, 9.17) is 21.2 Å². The molecule has 0 saturated heterocycles. The maximum atomic E-state index is 13.5. The molecule has 0 fully saturated rings. The Kier molecular flexibility index (Phi) is 5.30. The minimum absolute atomic E-state index is 0.0386. The Labute approximate surface area is 183 Å². The van der Waals surface area contributed by atoms with Gasteiger partial charge in [-0.3, -0.25) is 9.36 Å². The second-order valence-electron chi connectivity index (χ2n) is 6.97. The first-order valence-corrected chi connectivity index (χ1v) is 9.69. The number of nitrogen functional groups attached to an aromatic ring is 2. The lowest BCUT2D eigenvalue weighted by atomic mass is 10.2. The van der Waals surface area contributed by atoms with Crippen LogP contribution in [0.5, 0.6) is 5.75 Å². The highest BCUT2D eigenvalue weighted by Gasteiger charge is 2.22. The molecule has 4 aromatic rings. The van der Waals surface area contributed by atoms with Crippen molar-refractivity contribution in [3.63, 3.8) is 0 Å². The zero-order chi connectivity index (χ0) is 22.8. The van der Waals surface area contributed by atoms with Gasteiger partial charge in [-0.25, -0.2) is 4.98 Å². The number of ether oxygens (including phenoxy) is 1. The second-order valence-corrected chi connectivity index (χ2v) is 6.97. The number of nitrogens with two attached hydrogens (primary N) is 2. The lowest BCUT2D eigenvalue weighted by molar-refractivity contribution is 0.418. The van der Waals surface area contributed by atoms with Crippen molar-refractivity contribution in [1.82, 2.24) is 19.5 Å². The summed E-state index contributed by atoms with van der Waals surface area (Å²) in [7, 11) is 1.52. The van der Waals surface area contributed by atoms with Crippen LogP contribution < -0.4 is 27.1 Å². The molecule has 32 heavy (non-hydrogen) atoms. The number of anilines is 3. The SMILES string of the molecule is COc1cccc2c(=O)n(-c3ccccc3)c([C@H](C)Nc3nc(N)nc(N)c3C#N)nc12. The maximum absolute atomic E-state index is 13.5.